The van der Waals surface area contributed by atoms with Crippen molar-refractivity contribution in [3.8, 4) is 5.75 Å². The predicted octanol–water partition coefficient (Wildman–Crippen LogP) is 4.30. The summed E-state index contributed by atoms with van der Waals surface area (Å²) in [6, 6.07) is 3.97. The van der Waals surface area contributed by atoms with Gasteiger partial charge in [0.2, 0.25) is 0 Å². The third-order valence-corrected chi connectivity index (χ3v) is 3.40. The first-order valence-electron chi connectivity index (χ1n) is 6.46. The van der Waals surface area contributed by atoms with E-state index in [1.54, 1.807) is 0 Å². The lowest BCUT2D eigenvalue weighted by Gasteiger charge is -2.33. The normalized spacial score (nSPS) is 17.8. The molecule has 1 aliphatic rings. The minimum atomic E-state index is -0.0556. The smallest absolute Gasteiger partial charge is 0.120 e. The molecule has 0 amide bonds. The van der Waals surface area contributed by atoms with Crippen LogP contribution >= 0.6 is 0 Å². The van der Waals surface area contributed by atoms with E-state index < -0.39 is 0 Å². The summed E-state index contributed by atoms with van der Waals surface area (Å²) in [5, 5.41) is 13.7. The van der Waals surface area contributed by atoms with Crippen molar-refractivity contribution < 1.29 is 5.11 Å². The van der Waals surface area contributed by atoms with Crippen molar-refractivity contribution in [1.29, 1.82) is 0 Å². The third-order valence-electron chi connectivity index (χ3n) is 3.40. The van der Waals surface area contributed by atoms with Crippen LogP contribution in [0.4, 0.5) is 5.69 Å². The number of hydrogen-bond donors (Lipinski definition) is 2. The largest absolute Gasteiger partial charge is 0.508 e. The molecule has 0 radical (unpaired) electrons. The number of phenols is 1. The highest BCUT2D eigenvalue weighted by Gasteiger charge is 2.26. The zero-order chi connectivity index (χ0) is 13.7. The standard InChI is InChI=1S/C16H23NO/c1-10-9-16(5,6)17-13-8-12(15(2,3)4)14(18)7-11(10)13/h7-9,17-18H,1-6H3. The topological polar surface area (TPSA) is 32.3 Å². The van der Waals surface area contributed by atoms with Gasteiger partial charge in [-0.3, -0.25) is 0 Å². The molecule has 1 aromatic rings. The average molecular weight is 245 g/mol. The van der Waals surface area contributed by atoms with Crippen LogP contribution in [0.15, 0.2) is 18.2 Å². The zero-order valence-electron chi connectivity index (χ0n) is 12.2. The summed E-state index contributed by atoms with van der Waals surface area (Å²) in [5.41, 5.74) is 4.31. The van der Waals surface area contributed by atoms with E-state index in [4.69, 9.17) is 0 Å². The van der Waals surface area contributed by atoms with Crippen molar-refractivity contribution in [1.82, 2.24) is 0 Å². The molecule has 2 rings (SSSR count). The first-order chi connectivity index (χ1) is 8.10. The molecule has 0 saturated heterocycles. The van der Waals surface area contributed by atoms with Gasteiger partial charge in [-0.2, -0.15) is 0 Å². The van der Waals surface area contributed by atoms with Gasteiger partial charge >= 0.3 is 0 Å². The van der Waals surface area contributed by atoms with Crippen molar-refractivity contribution >= 4 is 11.3 Å². The maximum Gasteiger partial charge on any atom is 0.120 e. The summed E-state index contributed by atoms with van der Waals surface area (Å²) in [5.74, 6) is 0.385. The van der Waals surface area contributed by atoms with Crippen molar-refractivity contribution in [2.24, 2.45) is 0 Å². The van der Waals surface area contributed by atoms with E-state index in [0.29, 0.717) is 5.75 Å². The van der Waals surface area contributed by atoms with E-state index in [1.807, 2.05) is 6.07 Å². The maximum atomic E-state index is 10.2. The highest BCUT2D eigenvalue weighted by Crippen LogP contribution is 2.40. The minimum Gasteiger partial charge on any atom is -0.508 e. The van der Waals surface area contributed by atoms with Crippen LogP contribution in [-0.4, -0.2) is 10.6 Å². The quantitative estimate of drug-likeness (QED) is 0.668. The molecule has 2 heteroatoms. The highest BCUT2D eigenvalue weighted by atomic mass is 16.3. The number of rotatable bonds is 0. The second-order valence-electron chi connectivity index (χ2n) is 6.84. The van der Waals surface area contributed by atoms with Gasteiger partial charge in [0, 0.05) is 16.8 Å². The Hall–Kier alpha value is -1.44. The van der Waals surface area contributed by atoms with Gasteiger partial charge in [0.05, 0.1) is 5.54 Å². The number of anilines is 1. The molecule has 0 fully saturated rings. The lowest BCUT2D eigenvalue weighted by atomic mass is 9.83. The molecule has 0 spiro atoms. The molecule has 1 heterocycles. The van der Waals surface area contributed by atoms with E-state index in [9.17, 15) is 5.11 Å². The van der Waals surface area contributed by atoms with Gasteiger partial charge in [0.15, 0.2) is 0 Å². The van der Waals surface area contributed by atoms with Gasteiger partial charge in [-0.25, -0.2) is 0 Å². The molecule has 0 aliphatic carbocycles. The number of aromatic hydroxyl groups is 1. The Morgan fingerprint density at radius 3 is 2.33 bits per heavy atom. The van der Waals surface area contributed by atoms with Crippen molar-refractivity contribution in [3.63, 3.8) is 0 Å². The number of allylic oxidation sites excluding steroid dienone is 1. The Kier molecular flexibility index (Phi) is 2.73. The molecule has 1 aliphatic heterocycles. The molecule has 0 atom stereocenters. The van der Waals surface area contributed by atoms with Crippen LogP contribution in [0.25, 0.3) is 5.57 Å². The number of fused-ring (bicyclic) bond motifs is 1. The van der Waals surface area contributed by atoms with E-state index in [2.05, 4.69) is 59.0 Å². The molecule has 2 nitrogen and oxygen atoms in total. The van der Waals surface area contributed by atoms with Crippen LogP contribution in [0.1, 0.15) is 52.7 Å². The van der Waals surface area contributed by atoms with Gasteiger partial charge in [0.25, 0.3) is 0 Å². The SMILES string of the molecule is CC1=CC(C)(C)Nc2cc(C(C)(C)C)c(O)cc21. The van der Waals surface area contributed by atoms with Crippen LogP contribution in [0.2, 0.25) is 0 Å². The maximum absolute atomic E-state index is 10.2. The van der Waals surface area contributed by atoms with Crippen LogP contribution in [0.3, 0.4) is 0 Å². The summed E-state index contributed by atoms with van der Waals surface area (Å²) in [7, 11) is 0. The van der Waals surface area contributed by atoms with E-state index in [-0.39, 0.29) is 11.0 Å². The molecule has 0 aromatic heterocycles. The van der Waals surface area contributed by atoms with Crippen LogP contribution in [0.5, 0.6) is 5.75 Å². The molecule has 0 bridgehead atoms. The van der Waals surface area contributed by atoms with Crippen LogP contribution in [-0.2, 0) is 5.41 Å². The Bertz CT molecular complexity index is 519. The van der Waals surface area contributed by atoms with Crippen LogP contribution < -0.4 is 5.32 Å². The fraction of sp³-hybridized carbons (Fsp3) is 0.500. The summed E-state index contributed by atoms with van der Waals surface area (Å²) in [4.78, 5) is 0. The number of phenolic OH excluding ortho intramolecular Hbond substituents is 1. The molecule has 2 N–H and O–H groups in total. The monoisotopic (exact) mass is 245 g/mol. The van der Waals surface area contributed by atoms with Gasteiger partial charge in [-0.15, -0.1) is 0 Å². The Balaban J connectivity index is 2.62. The second-order valence-corrected chi connectivity index (χ2v) is 6.84. The Morgan fingerprint density at radius 2 is 1.78 bits per heavy atom. The molecular formula is C16H23NO. The van der Waals surface area contributed by atoms with Gasteiger partial charge in [0.1, 0.15) is 5.75 Å². The second kappa shape index (κ2) is 3.78. The van der Waals surface area contributed by atoms with Crippen LogP contribution in [0, 0.1) is 0 Å². The summed E-state index contributed by atoms with van der Waals surface area (Å²) in [6.45, 7) is 12.8. The first kappa shape index (κ1) is 13.0. The molecule has 18 heavy (non-hydrogen) atoms. The summed E-state index contributed by atoms with van der Waals surface area (Å²) >= 11 is 0. The highest BCUT2D eigenvalue weighted by molar-refractivity contribution is 5.82. The molecule has 0 saturated carbocycles. The fourth-order valence-corrected chi connectivity index (χ4v) is 2.62. The van der Waals surface area contributed by atoms with Crippen molar-refractivity contribution in [2.75, 3.05) is 5.32 Å². The average Bonchev–Trinajstić information content (AvgIpc) is 2.15. The Labute approximate surface area is 110 Å². The zero-order valence-corrected chi connectivity index (χ0v) is 12.2. The summed E-state index contributed by atoms with van der Waals surface area (Å²) in [6.07, 6.45) is 2.20. The third kappa shape index (κ3) is 2.24. The molecule has 98 valence electrons. The molecular weight excluding hydrogens is 222 g/mol. The number of hydrogen-bond acceptors (Lipinski definition) is 2. The first-order valence-corrected chi connectivity index (χ1v) is 6.46. The van der Waals surface area contributed by atoms with Gasteiger partial charge < -0.3 is 10.4 Å². The van der Waals surface area contributed by atoms with E-state index in [0.717, 1.165) is 16.8 Å². The molecule has 0 unspecified atom stereocenters. The van der Waals surface area contributed by atoms with Gasteiger partial charge in [-0.05, 0) is 43.9 Å². The fourth-order valence-electron chi connectivity index (χ4n) is 2.62. The number of benzene rings is 1. The van der Waals surface area contributed by atoms with E-state index >= 15 is 0 Å². The van der Waals surface area contributed by atoms with E-state index in [1.165, 1.54) is 5.57 Å². The van der Waals surface area contributed by atoms with Crippen molar-refractivity contribution in [2.45, 2.75) is 52.5 Å². The molecule has 1 aromatic carbocycles. The lowest BCUT2D eigenvalue weighted by molar-refractivity contribution is 0.446. The van der Waals surface area contributed by atoms with Gasteiger partial charge in [-0.1, -0.05) is 26.8 Å². The number of nitrogens with one attached hydrogen (secondary N) is 1. The lowest BCUT2D eigenvalue weighted by Crippen LogP contribution is -2.31. The van der Waals surface area contributed by atoms with Crippen molar-refractivity contribution in [3.05, 3.63) is 29.3 Å². The minimum absolute atomic E-state index is 0.0385. The summed E-state index contributed by atoms with van der Waals surface area (Å²) < 4.78 is 0. The predicted molar refractivity (Wildman–Crippen MR) is 78.2 cm³/mol. The Morgan fingerprint density at radius 1 is 1.17 bits per heavy atom.